The summed E-state index contributed by atoms with van der Waals surface area (Å²) in [4.78, 5) is 20.1. The van der Waals surface area contributed by atoms with Crippen LogP contribution in [0.1, 0.15) is 27.9 Å². The Hall–Kier alpha value is -2.94. The standard InChI is InChI=1S/C17H14F3N3O3/c18-17(19,20)16(25)8-14(23-26-16)12-4-1-3-11(7-12)9-22-15(24)13-5-2-6-21-10-13/h1-7,10,25H,8-9H2,(H,22,24). The molecule has 2 heterocycles. The van der Waals surface area contributed by atoms with Gasteiger partial charge in [0.25, 0.3) is 5.91 Å². The number of pyridine rings is 1. The number of alkyl halides is 3. The lowest BCUT2D eigenvalue weighted by Gasteiger charge is -2.22. The molecule has 136 valence electrons. The lowest BCUT2D eigenvalue weighted by atomic mass is 10.0. The third kappa shape index (κ3) is 3.67. The zero-order chi connectivity index (χ0) is 18.8. The molecule has 1 atom stereocenters. The molecular formula is C17H14F3N3O3. The van der Waals surface area contributed by atoms with E-state index in [1.807, 2.05) is 0 Å². The zero-order valence-electron chi connectivity index (χ0n) is 13.3. The van der Waals surface area contributed by atoms with E-state index in [-0.39, 0.29) is 18.2 Å². The van der Waals surface area contributed by atoms with Gasteiger partial charge in [0.1, 0.15) is 0 Å². The van der Waals surface area contributed by atoms with Crippen LogP contribution in [0.15, 0.2) is 53.9 Å². The second-order valence-electron chi connectivity index (χ2n) is 5.71. The highest BCUT2D eigenvalue weighted by molar-refractivity contribution is 6.01. The number of halogens is 3. The quantitative estimate of drug-likeness (QED) is 0.871. The molecule has 0 spiro atoms. The van der Waals surface area contributed by atoms with Crippen molar-refractivity contribution in [2.24, 2.45) is 5.16 Å². The number of oxime groups is 1. The molecule has 3 rings (SSSR count). The van der Waals surface area contributed by atoms with Gasteiger partial charge in [-0.2, -0.15) is 13.2 Å². The first-order valence-electron chi connectivity index (χ1n) is 7.60. The molecule has 1 amide bonds. The van der Waals surface area contributed by atoms with Gasteiger partial charge in [-0.1, -0.05) is 23.4 Å². The second kappa shape index (κ2) is 6.75. The number of nitrogens with zero attached hydrogens (tertiary/aromatic N) is 2. The maximum atomic E-state index is 12.8. The van der Waals surface area contributed by atoms with Crippen molar-refractivity contribution >= 4 is 11.6 Å². The van der Waals surface area contributed by atoms with Crippen molar-refractivity contribution < 1.29 is 27.9 Å². The average Bonchev–Trinajstić information content (AvgIpc) is 3.04. The number of aliphatic hydroxyl groups is 1. The van der Waals surface area contributed by atoms with Crippen LogP contribution in [0.3, 0.4) is 0 Å². The van der Waals surface area contributed by atoms with Gasteiger partial charge in [-0.25, -0.2) is 0 Å². The molecule has 6 nitrogen and oxygen atoms in total. The van der Waals surface area contributed by atoms with Crippen LogP contribution in [0.4, 0.5) is 13.2 Å². The highest BCUT2D eigenvalue weighted by Crippen LogP contribution is 2.38. The SMILES string of the molecule is O=C(NCc1cccc(C2=NOC(O)(C(F)(F)F)C2)c1)c1cccnc1. The average molecular weight is 365 g/mol. The second-order valence-corrected chi connectivity index (χ2v) is 5.71. The Morgan fingerprint density at radius 3 is 2.77 bits per heavy atom. The first kappa shape index (κ1) is 17.9. The summed E-state index contributed by atoms with van der Waals surface area (Å²) in [5.41, 5.74) is 1.40. The van der Waals surface area contributed by atoms with Gasteiger partial charge >= 0.3 is 12.0 Å². The largest absolute Gasteiger partial charge is 0.458 e. The third-order valence-corrected chi connectivity index (χ3v) is 3.79. The van der Waals surface area contributed by atoms with Gasteiger partial charge in [-0.05, 0) is 29.3 Å². The molecule has 1 aromatic carbocycles. The summed E-state index contributed by atoms with van der Waals surface area (Å²) in [5, 5.41) is 15.6. The van der Waals surface area contributed by atoms with Crippen LogP contribution in [-0.4, -0.2) is 33.7 Å². The van der Waals surface area contributed by atoms with E-state index in [0.29, 0.717) is 16.7 Å². The monoisotopic (exact) mass is 365 g/mol. The van der Waals surface area contributed by atoms with E-state index in [4.69, 9.17) is 0 Å². The van der Waals surface area contributed by atoms with E-state index in [2.05, 4.69) is 20.3 Å². The fourth-order valence-electron chi connectivity index (χ4n) is 2.37. The highest BCUT2D eigenvalue weighted by Gasteiger charge is 2.60. The summed E-state index contributed by atoms with van der Waals surface area (Å²) in [7, 11) is 0. The Morgan fingerprint density at radius 2 is 2.12 bits per heavy atom. The molecule has 0 bridgehead atoms. The lowest BCUT2D eigenvalue weighted by molar-refractivity contribution is -0.355. The summed E-state index contributed by atoms with van der Waals surface area (Å²) in [6, 6.07) is 9.70. The third-order valence-electron chi connectivity index (χ3n) is 3.79. The van der Waals surface area contributed by atoms with E-state index in [9.17, 15) is 23.1 Å². The maximum absolute atomic E-state index is 12.8. The molecule has 0 radical (unpaired) electrons. The number of hydrogen-bond donors (Lipinski definition) is 2. The molecule has 1 aliphatic rings. The van der Waals surface area contributed by atoms with Gasteiger partial charge in [-0.15, -0.1) is 0 Å². The predicted molar refractivity (Wildman–Crippen MR) is 85.1 cm³/mol. The molecule has 0 aliphatic carbocycles. The lowest BCUT2D eigenvalue weighted by Crippen LogP contribution is -2.45. The number of rotatable bonds is 4. The summed E-state index contributed by atoms with van der Waals surface area (Å²) in [6.45, 7) is 0.166. The van der Waals surface area contributed by atoms with Gasteiger partial charge in [0.05, 0.1) is 17.7 Å². The molecule has 2 N–H and O–H groups in total. The fraction of sp³-hybridized carbons (Fsp3) is 0.235. The predicted octanol–water partition coefficient (Wildman–Crippen LogP) is 2.39. The van der Waals surface area contributed by atoms with Gasteiger partial charge in [0.15, 0.2) is 0 Å². The number of amides is 1. The minimum atomic E-state index is -4.95. The number of hydrogen-bond acceptors (Lipinski definition) is 5. The van der Waals surface area contributed by atoms with Crippen LogP contribution >= 0.6 is 0 Å². The summed E-state index contributed by atoms with van der Waals surface area (Å²) in [6.07, 6.45) is -2.78. The van der Waals surface area contributed by atoms with Crippen LogP contribution in [0.2, 0.25) is 0 Å². The van der Waals surface area contributed by atoms with Crippen molar-refractivity contribution in [2.75, 3.05) is 0 Å². The molecule has 1 aromatic heterocycles. The van der Waals surface area contributed by atoms with Gasteiger partial charge in [-0.3, -0.25) is 9.78 Å². The van der Waals surface area contributed by atoms with Gasteiger partial charge in [0, 0.05) is 18.9 Å². The molecule has 2 aromatic rings. The molecule has 26 heavy (non-hydrogen) atoms. The molecular weight excluding hydrogens is 351 g/mol. The Kier molecular flexibility index (Phi) is 4.64. The van der Waals surface area contributed by atoms with Crippen LogP contribution in [0, 0.1) is 0 Å². The molecule has 0 saturated carbocycles. The number of carbonyl (C=O) groups excluding carboxylic acids is 1. The number of carbonyl (C=O) groups is 1. The molecule has 9 heteroatoms. The van der Waals surface area contributed by atoms with E-state index >= 15 is 0 Å². The highest BCUT2D eigenvalue weighted by atomic mass is 19.4. The molecule has 0 fully saturated rings. The van der Waals surface area contributed by atoms with Crippen molar-refractivity contribution in [3.63, 3.8) is 0 Å². The Morgan fingerprint density at radius 1 is 1.31 bits per heavy atom. The van der Waals surface area contributed by atoms with Crippen molar-refractivity contribution in [1.29, 1.82) is 0 Å². The Bertz CT molecular complexity index is 840. The number of nitrogens with one attached hydrogen (secondary N) is 1. The van der Waals surface area contributed by atoms with E-state index < -0.39 is 18.4 Å². The van der Waals surface area contributed by atoms with Gasteiger partial charge in [0.2, 0.25) is 0 Å². The maximum Gasteiger partial charge on any atom is 0.458 e. The minimum Gasteiger partial charge on any atom is -0.350 e. The topological polar surface area (TPSA) is 83.8 Å². The smallest absolute Gasteiger partial charge is 0.350 e. The summed E-state index contributed by atoms with van der Waals surface area (Å²) < 4.78 is 38.3. The van der Waals surface area contributed by atoms with Crippen molar-refractivity contribution in [2.45, 2.75) is 24.9 Å². The molecule has 1 aliphatic heterocycles. The summed E-state index contributed by atoms with van der Waals surface area (Å²) >= 11 is 0. The number of aromatic nitrogens is 1. The summed E-state index contributed by atoms with van der Waals surface area (Å²) in [5.74, 6) is -3.64. The van der Waals surface area contributed by atoms with Crippen LogP contribution in [0.5, 0.6) is 0 Å². The Labute approximate surface area is 146 Å². The van der Waals surface area contributed by atoms with E-state index in [1.165, 1.54) is 6.20 Å². The van der Waals surface area contributed by atoms with Crippen molar-refractivity contribution in [3.8, 4) is 0 Å². The van der Waals surface area contributed by atoms with Crippen LogP contribution in [0.25, 0.3) is 0 Å². The van der Waals surface area contributed by atoms with E-state index in [0.717, 1.165) is 0 Å². The Balaban J connectivity index is 1.67. The van der Waals surface area contributed by atoms with Crippen molar-refractivity contribution in [3.05, 3.63) is 65.5 Å². The first-order valence-corrected chi connectivity index (χ1v) is 7.60. The zero-order valence-corrected chi connectivity index (χ0v) is 13.3. The van der Waals surface area contributed by atoms with Crippen LogP contribution < -0.4 is 5.32 Å². The van der Waals surface area contributed by atoms with Crippen molar-refractivity contribution in [1.82, 2.24) is 10.3 Å². The van der Waals surface area contributed by atoms with Gasteiger partial charge < -0.3 is 15.3 Å². The fourth-order valence-corrected chi connectivity index (χ4v) is 2.37. The molecule has 1 unspecified atom stereocenters. The normalized spacial score (nSPS) is 19.6. The first-order chi connectivity index (χ1) is 12.3. The van der Waals surface area contributed by atoms with E-state index in [1.54, 1.807) is 42.6 Å². The van der Waals surface area contributed by atoms with Crippen LogP contribution in [-0.2, 0) is 11.4 Å². The minimum absolute atomic E-state index is 0.0229. The number of benzene rings is 1. The molecule has 0 saturated heterocycles.